The molecule has 11 heteroatoms. The molecule has 5 heterocycles. The molecule has 0 atom stereocenters. The lowest BCUT2D eigenvalue weighted by molar-refractivity contribution is 0.0787. The van der Waals surface area contributed by atoms with Crippen LogP contribution in [-0.4, -0.2) is 53.3 Å². The molecule has 5 rings (SSSR count). The fourth-order valence-electron chi connectivity index (χ4n) is 4.59. The van der Waals surface area contributed by atoms with Crippen molar-refractivity contribution in [3.05, 3.63) is 74.8 Å². The van der Waals surface area contributed by atoms with E-state index in [0.717, 1.165) is 23.8 Å². The van der Waals surface area contributed by atoms with Gasteiger partial charge in [0.1, 0.15) is 11.5 Å². The minimum atomic E-state index is -0.593. The van der Waals surface area contributed by atoms with E-state index >= 15 is 0 Å². The van der Waals surface area contributed by atoms with Crippen LogP contribution in [-0.2, 0) is 19.6 Å². The van der Waals surface area contributed by atoms with E-state index in [1.807, 2.05) is 6.92 Å². The van der Waals surface area contributed by atoms with Crippen LogP contribution in [0.4, 0.5) is 0 Å². The van der Waals surface area contributed by atoms with Crippen molar-refractivity contribution in [1.82, 2.24) is 28.6 Å². The number of carbonyl (C=O) groups is 2. The normalized spacial score (nSPS) is 13.6. The van der Waals surface area contributed by atoms with Gasteiger partial charge in [0.15, 0.2) is 16.9 Å². The number of amides is 1. The minimum absolute atomic E-state index is 0.158. The summed E-state index contributed by atoms with van der Waals surface area (Å²) < 4.78 is 9.44. The first kappa shape index (κ1) is 23.6. The maximum atomic E-state index is 13.5. The van der Waals surface area contributed by atoms with Crippen LogP contribution < -0.4 is 11.2 Å². The van der Waals surface area contributed by atoms with Crippen LogP contribution in [0, 0.1) is 0 Å². The molecule has 1 saturated heterocycles. The Morgan fingerprint density at radius 2 is 1.97 bits per heavy atom. The molecule has 1 N–H and O–H groups in total. The van der Waals surface area contributed by atoms with Gasteiger partial charge in [-0.25, -0.2) is 9.78 Å². The summed E-state index contributed by atoms with van der Waals surface area (Å²) in [6.07, 6.45) is 7.98. The van der Waals surface area contributed by atoms with Crippen molar-refractivity contribution in [2.24, 2.45) is 0 Å². The summed E-state index contributed by atoms with van der Waals surface area (Å²) in [7, 11) is 0. The van der Waals surface area contributed by atoms with Crippen molar-refractivity contribution >= 4 is 22.9 Å². The van der Waals surface area contributed by atoms with Gasteiger partial charge < -0.3 is 18.9 Å². The van der Waals surface area contributed by atoms with Crippen LogP contribution in [0.1, 0.15) is 59.2 Å². The zero-order chi connectivity index (χ0) is 25.2. The van der Waals surface area contributed by atoms with Gasteiger partial charge in [0.25, 0.3) is 11.5 Å². The number of H-pyrrole nitrogens is 1. The number of unbranched alkanes of at least 4 members (excludes halogenated alkanes) is 1. The molecule has 1 aliphatic heterocycles. The van der Waals surface area contributed by atoms with E-state index in [4.69, 9.17) is 4.42 Å². The molecule has 4 aromatic rings. The number of furan rings is 1. The van der Waals surface area contributed by atoms with Gasteiger partial charge in [0, 0.05) is 31.4 Å². The first-order valence-corrected chi connectivity index (χ1v) is 12.2. The number of carbonyl (C=O) groups excluding carboxylic acids is 2. The topological polar surface area (TPSA) is 128 Å². The van der Waals surface area contributed by atoms with Crippen molar-refractivity contribution in [3.63, 3.8) is 0 Å². The van der Waals surface area contributed by atoms with Crippen molar-refractivity contribution in [2.45, 2.75) is 52.2 Å². The second-order valence-corrected chi connectivity index (χ2v) is 9.03. The predicted octanol–water partition coefficient (Wildman–Crippen LogP) is 2.25. The Kier molecular flexibility index (Phi) is 6.45. The van der Waals surface area contributed by atoms with Crippen LogP contribution in [0.3, 0.4) is 0 Å². The highest BCUT2D eigenvalue weighted by atomic mass is 16.3. The van der Waals surface area contributed by atoms with Crippen molar-refractivity contribution in [3.8, 4) is 0 Å². The maximum Gasteiger partial charge on any atom is 0.333 e. The second-order valence-electron chi connectivity index (χ2n) is 9.03. The first-order chi connectivity index (χ1) is 17.5. The number of aromatic amines is 1. The summed E-state index contributed by atoms with van der Waals surface area (Å²) in [5.41, 5.74) is -0.0960. The van der Waals surface area contributed by atoms with Crippen LogP contribution in [0.15, 0.2) is 51.0 Å². The molecule has 0 aromatic carbocycles. The van der Waals surface area contributed by atoms with E-state index in [-0.39, 0.29) is 29.2 Å². The van der Waals surface area contributed by atoms with Crippen LogP contribution in [0.25, 0.3) is 11.2 Å². The van der Waals surface area contributed by atoms with Crippen LogP contribution in [0.5, 0.6) is 0 Å². The number of nitrogens with one attached hydrogen (secondary N) is 1. The number of hydrogen-bond donors (Lipinski definition) is 1. The summed E-state index contributed by atoms with van der Waals surface area (Å²) in [6, 6.07) is 5.03. The van der Waals surface area contributed by atoms with Gasteiger partial charge >= 0.3 is 5.69 Å². The number of imidazole rings is 1. The van der Waals surface area contributed by atoms with Gasteiger partial charge in [-0.3, -0.25) is 23.5 Å². The molecule has 0 saturated carbocycles. The Balaban J connectivity index is 1.50. The standard InChI is InChI=1S/C25H28N6O5/c1-2-3-10-30-22-21(29(16-27-22)14-18-7-6-11-36-18)24(34)31(25(30)35)15-20(32)17-12-19(26-13-17)23(33)28-8-4-5-9-28/h6-7,11-13,16,26H,2-5,8-10,14-15H2,1H3. The Labute approximate surface area is 206 Å². The van der Waals surface area contributed by atoms with Gasteiger partial charge in [-0.2, -0.15) is 0 Å². The molecule has 0 aliphatic carbocycles. The number of hydrogen-bond acceptors (Lipinski definition) is 6. The van der Waals surface area contributed by atoms with Crippen molar-refractivity contribution < 1.29 is 14.0 Å². The molecule has 1 aliphatic rings. The van der Waals surface area contributed by atoms with Gasteiger partial charge in [0.05, 0.1) is 25.7 Å². The molecule has 188 valence electrons. The van der Waals surface area contributed by atoms with E-state index < -0.39 is 23.6 Å². The average Bonchev–Trinajstić information content (AvgIpc) is 3.68. The number of likely N-dealkylation sites (tertiary alicyclic amines) is 1. The molecular formula is C25H28N6O5. The fourth-order valence-corrected chi connectivity index (χ4v) is 4.59. The highest BCUT2D eigenvalue weighted by molar-refractivity contribution is 6.00. The number of aryl methyl sites for hydroxylation is 1. The fraction of sp³-hybridized carbons (Fsp3) is 0.400. The zero-order valence-electron chi connectivity index (χ0n) is 20.1. The third-order valence-corrected chi connectivity index (χ3v) is 6.56. The van der Waals surface area contributed by atoms with E-state index in [0.29, 0.717) is 37.5 Å². The SMILES string of the molecule is CCCCn1c(=O)n(CC(=O)c2c[nH]c(C(=O)N3CCCC3)c2)c(=O)c2c1ncn2Cc1ccco1. The van der Waals surface area contributed by atoms with E-state index in [9.17, 15) is 19.2 Å². The largest absolute Gasteiger partial charge is 0.467 e. The maximum absolute atomic E-state index is 13.5. The van der Waals surface area contributed by atoms with Crippen LogP contribution in [0.2, 0.25) is 0 Å². The molecule has 36 heavy (non-hydrogen) atoms. The number of fused-ring (bicyclic) bond motifs is 1. The summed E-state index contributed by atoms with van der Waals surface area (Å²) in [4.78, 5) is 61.5. The molecule has 11 nitrogen and oxygen atoms in total. The number of aromatic nitrogens is 5. The Morgan fingerprint density at radius 3 is 2.69 bits per heavy atom. The van der Waals surface area contributed by atoms with Gasteiger partial charge in [-0.05, 0) is 37.5 Å². The van der Waals surface area contributed by atoms with Gasteiger partial charge in [0.2, 0.25) is 0 Å². The van der Waals surface area contributed by atoms with Gasteiger partial charge in [-0.15, -0.1) is 0 Å². The molecule has 0 bridgehead atoms. The lowest BCUT2D eigenvalue weighted by Gasteiger charge is -2.13. The molecule has 0 unspecified atom stereocenters. The highest BCUT2D eigenvalue weighted by Crippen LogP contribution is 2.15. The highest BCUT2D eigenvalue weighted by Gasteiger charge is 2.24. The molecule has 4 aromatic heterocycles. The number of Topliss-reactive ketones (excluding diaryl/α,β-unsaturated/α-hetero) is 1. The van der Waals surface area contributed by atoms with E-state index in [1.54, 1.807) is 27.9 Å². The molecule has 1 fully saturated rings. The Bertz CT molecular complexity index is 1510. The summed E-state index contributed by atoms with van der Waals surface area (Å²) in [5, 5.41) is 0. The van der Waals surface area contributed by atoms with Crippen molar-refractivity contribution in [1.29, 1.82) is 0 Å². The third-order valence-electron chi connectivity index (χ3n) is 6.56. The second kappa shape index (κ2) is 9.84. The quantitative estimate of drug-likeness (QED) is 0.357. The van der Waals surface area contributed by atoms with Crippen molar-refractivity contribution in [2.75, 3.05) is 13.1 Å². The van der Waals surface area contributed by atoms with Gasteiger partial charge in [-0.1, -0.05) is 13.3 Å². The Hall–Kier alpha value is -4.15. The number of nitrogens with zero attached hydrogens (tertiary/aromatic N) is 5. The number of ketones is 1. The smallest absolute Gasteiger partial charge is 0.333 e. The average molecular weight is 493 g/mol. The minimum Gasteiger partial charge on any atom is -0.467 e. The zero-order valence-corrected chi connectivity index (χ0v) is 20.1. The van der Waals surface area contributed by atoms with Crippen LogP contribution >= 0.6 is 0 Å². The molecule has 0 spiro atoms. The lowest BCUT2D eigenvalue weighted by atomic mass is 10.2. The summed E-state index contributed by atoms with van der Waals surface area (Å²) in [5.74, 6) is 0.0310. The first-order valence-electron chi connectivity index (χ1n) is 12.2. The Morgan fingerprint density at radius 1 is 1.17 bits per heavy atom. The summed E-state index contributed by atoms with van der Waals surface area (Å²) in [6.45, 7) is 3.58. The van der Waals surface area contributed by atoms with E-state index in [2.05, 4.69) is 9.97 Å². The lowest BCUT2D eigenvalue weighted by Crippen LogP contribution is -2.42. The number of rotatable bonds is 9. The van der Waals surface area contributed by atoms with E-state index in [1.165, 1.54) is 23.2 Å². The monoisotopic (exact) mass is 492 g/mol. The molecular weight excluding hydrogens is 464 g/mol. The molecule has 1 amide bonds. The summed E-state index contributed by atoms with van der Waals surface area (Å²) >= 11 is 0. The molecule has 0 radical (unpaired) electrons. The third kappa shape index (κ3) is 4.32. The predicted molar refractivity (Wildman–Crippen MR) is 131 cm³/mol.